The van der Waals surface area contributed by atoms with Gasteiger partial charge >= 0.3 is 5.97 Å². The third-order valence-electron chi connectivity index (χ3n) is 3.65. The van der Waals surface area contributed by atoms with E-state index in [2.05, 4.69) is 25.9 Å². The second-order valence-electron chi connectivity index (χ2n) is 5.54. The largest absolute Gasteiger partial charge is 0.481 e. The molecular formula is C17H14BrClFN3O2S. The van der Waals surface area contributed by atoms with Gasteiger partial charge in [-0.05, 0) is 30.7 Å². The van der Waals surface area contributed by atoms with Gasteiger partial charge in [-0.2, -0.15) is 0 Å². The SMILES string of the molecule is O=C(O)CCCSc1nc2nc(Cl)ccc2n1Cc1ccc(Br)cc1F. The van der Waals surface area contributed by atoms with Crippen LogP contribution in [0, 0.1) is 5.82 Å². The van der Waals surface area contributed by atoms with Crippen LogP contribution in [0.3, 0.4) is 0 Å². The average molecular weight is 459 g/mol. The Bertz CT molecular complexity index is 967. The van der Waals surface area contributed by atoms with Crippen LogP contribution in [-0.4, -0.2) is 31.4 Å². The topological polar surface area (TPSA) is 68.0 Å². The summed E-state index contributed by atoms with van der Waals surface area (Å²) < 4.78 is 16.8. The molecule has 1 aromatic carbocycles. The Kier molecular flexibility index (Phi) is 6.16. The molecule has 26 heavy (non-hydrogen) atoms. The maximum Gasteiger partial charge on any atom is 0.303 e. The molecule has 2 aromatic heterocycles. The van der Waals surface area contributed by atoms with Crippen molar-refractivity contribution in [3.05, 3.63) is 51.3 Å². The number of imidazole rings is 1. The van der Waals surface area contributed by atoms with Gasteiger partial charge in [0, 0.05) is 22.2 Å². The van der Waals surface area contributed by atoms with Crippen molar-refractivity contribution in [3.8, 4) is 0 Å². The van der Waals surface area contributed by atoms with Gasteiger partial charge in [0.1, 0.15) is 11.0 Å². The number of hydrogen-bond acceptors (Lipinski definition) is 4. The number of halogens is 3. The minimum atomic E-state index is -0.829. The lowest BCUT2D eigenvalue weighted by atomic mass is 10.2. The number of carbonyl (C=O) groups is 1. The van der Waals surface area contributed by atoms with E-state index in [1.807, 2.05) is 4.57 Å². The van der Waals surface area contributed by atoms with E-state index in [4.69, 9.17) is 16.7 Å². The highest BCUT2D eigenvalue weighted by atomic mass is 79.9. The molecule has 0 amide bonds. The number of thioether (sulfide) groups is 1. The number of benzene rings is 1. The lowest BCUT2D eigenvalue weighted by Gasteiger charge is -2.10. The van der Waals surface area contributed by atoms with Crippen LogP contribution >= 0.6 is 39.3 Å². The van der Waals surface area contributed by atoms with Crippen LogP contribution in [-0.2, 0) is 11.3 Å². The molecule has 0 aliphatic heterocycles. The van der Waals surface area contributed by atoms with Crippen LogP contribution < -0.4 is 0 Å². The van der Waals surface area contributed by atoms with Crippen molar-refractivity contribution >= 4 is 56.4 Å². The Labute approximate surface area is 166 Å². The minimum absolute atomic E-state index is 0.0959. The Hall–Kier alpha value is -1.64. The molecule has 9 heteroatoms. The highest BCUT2D eigenvalue weighted by molar-refractivity contribution is 9.10. The minimum Gasteiger partial charge on any atom is -0.481 e. The van der Waals surface area contributed by atoms with E-state index in [-0.39, 0.29) is 12.2 Å². The smallest absolute Gasteiger partial charge is 0.303 e. The zero-order chi connectivity index (χ0) is 18.7. The first-order chi connectivity index (χ1) is 12.4. The summed E-state index contributed by atoms with van der Waals surface area (Å²) in [6.45, 7) is 0.292. The number of carboxylic acids is 1. The number of aromatic nitrogens is 3. The molecule has 0 bridgehead atoms. The number of fused-ring (bicyclic) bond motifs is 1. The van der Waals surface area contributed by atoms with Gasteiger partial charge in [0.05, 0.1) is 12.1 Å². The van der Waals surface area contributed by atoms with Gasteiger partial charge in [-0.3, -0.25) is 4.79 Å². The van der Waals surface area contributed by atoms with Crippen LogP contribution in [0.15, 0.2) is 40.0 Å². The summed E-state index contributed by atoms with van der Waals surface area (Å²) in [4.78, 5) is 19.4. The Morgan fingerprint density at radius 3 is 2.85 bits per heavy atom. The number of nitrogens with zero attached hydrogens (tertiary/aromatic N) is 3. The number of rotatable bonds is 7. The summed E-state index contributed by atoms with van der Waals surface area (Å²) >= 11 is 10.6. The van der Waals surface area contributed by atoms with Gasteiger partial charge in [-0.25, -0.2) is 14.4 Å². The molecule has 0 atom stereocenters. The first kappa shape index (κ1) is 19.1. The predicted octanol–water partition coefficient (Wildman–Crippen LogP) is 4.99. The zero-order valence-corrected chi connectivity index (χ0v) is 16.6. The molecule has 0 radical (unpaired) electrons. The van der Waals surface area contributed by atoms with Gasteiger partial charge in [-0.1, -0.05) is 45.4 Å². The van der Waals surface area contributed by atoms with Crippen molar-refractivity contribution < 1.29 is 14.3 Å². The summed E-state index contributed by atoms with van der Waals surface area (Å²) in [5.74, 6) is -0.555. The molecule has 0 aliphatic carbocycles. The van der Waals surface area contributed by atoms with Gasteiger partial charge in [0.15, 0.2) is 10.8 Å². The fourth-order valence-corrected chi connectivity index (χ4v) is 3.85. The van der Waals surface area contributed by atoms with Gasteiger partial charge < -0.3 is 9.67 Å². The lowest BCUT2D eigenvalue weighted by Crippen LogP contribution is -2.04. The van der Waals surface area contributed by atoms with E-state index in [0.29, 0.717) is 44.7 Å². The number of hydrogen-bond donors (Lipinski definition) is 1. The van der Waals surface area contributed by atoms with Crippen LogP contribution in [0.4, 0.5) is 4.39 Å². The van der Waals surface area contributed by atoms with Gasteiger partial charge in [0.2, 0.25) is 0 Å². The second kappa shape index (κ2) is 8.37. The van der Waals surface area contributed by atoms with E-state index in [9.17, 15) is 9.18 Å². The molecule has 3 aromatic rings. The van der Waals surface area contributed by atoms with Crippen LogP contribution in [0.5, 0.6) is 0 Å². The molecule has 0 fully saturated rings. The van der Waals surface area contributed by atoms with E-state index in [0.717, 1.165) is 5.52 Å². The highest BCUT2D eigenvalue weighted by Gasteiger charge is 2.15. The zero-order valence-electron chi connectivity index (χ0n) is 13.5. The van der Waals surface area contributed by atoms with Crippen molar-refractivity contribution in [2.75, 3.05) is 5.75 Å². The molecule has 0 unspecified atom stereocenters. The molecule has 1 N–H and O–H groups in total. The van der Waals surface area contributed by atoms with Crippen LogP contribution in [0.25, 0.3) is 11.2 Å². The molecule has 0 aliphatic rings. The third kappa shape index (κ3) is 4.55. The van der Waals surface area contributed by atoms with Gasteiger partial charge in [0.25, 0.3) is 0 Å². The van der Waals surface area contributed by atoms with E-state index < -0.39 is 5.97 Å². The van der Waals surface area contributed by atoms with Crippen molar-refractivity contribution in [2.45, 2.75) is 24.5 Å². The number of aliphatic carboxylic acids is 1. The fraction of sp³-hybridized carbons (Fsp3) is 0.235. The maximum atomic E-state index is 14.3. The maximum absolute atomic E-state index is 14.3. The molecule has 5 nitrogen and oxygen atoms in total. The van der Waals surface area contributed by atoms with Crippen molar-refractivity contribution in [1.82, 2.24) is 14.5 Å². The first-order valence-corrected chi connectivity index (χ1v) is 9.91. The molecular weight excluding hydrogens is 445 g/mol. The monoisotopic (exact) mass is 457 g/mol. The third-order valence-corrected chi connectivity index (χ3v) is 5.42. The summed E-state index contributed by atoms with van der Waals surface area (Å²) in [5.41, 5.74) is 1.75. The van der Waals surface area contributed by atoms with E-state index in [1.165, 1.54) is 17.8 Å². The summed E-state index contributed by atoms with van der Waals surface area (Å²) in [6.07, 6.45) is 0.614. The molecule has 2 heterocycles. The Morgan fingerprint density at radius 1 is 1.31 bits per heavy atom. The number of pyridine rings is 1. The van der Waals surface area contributed by atoms with Crippen LogP contribution in [0.2, 0.25) is 5.15 Å². The van der Waals surface area contributed by atoms with E-state index in [1.54, 1.807) is 24.3 Å². The normalized spacial score (nSPS) is 11.2. The van der Waals surface area contributed by atoms with Crippen molar-refractivity contribution in [2.24, 2.45) is 0 Å². The second-order valence-corrected chi connectivity index (χ2v) is 7.90. The van der Waals surface area contributed by atoms with Crippen LogP contribution in [0.1, 0.15) is 18.4 Å². The molecule has 3 rings (SSSR count). The first-order valence-electron chi connectivity index (χ1n) is 7.75. The fourth-order valence-electron chi connectivity index (χ4n) is 2.43. The van der Waals surface area contributed by atoms with Crippen molar-refractivity contribution in [1.29, 1.82) is 0 Å². The predicted molar refractivity (Wildman–Crippen MR) is 103 cm³/mol. The Balaban J connectivity index is 1.92. The highest BCUT2D eigenvalue weighted by Crippen LogP contribution is 2.27. The molecule has 0 saturated heterocycles. The summed E-state index contributed by atoms with van der Waals surface area (Å²) in [7, 11) is 0. The van der Waals surface area contributed by atoms with Crippen molar-refractivity contribution in [3.63, 3.8) is 0 Å². The Morgan fingerprint density at radius 2 is 2.12 bits per heavy atom. The standard InChI is InChI=1S/C17H14BrClFN3O2S/c18-11-4-3-10(12(20)8-11)9-23-13-5-6-14(19)21-16(13)22-17(23)26-7-1-2-15(24)25/h3-6,8H,1-2,7,9H2,(H,24,25). The van der Waals surface area contributed by atoms with Gasteiger partial charge in [-0.15, -0.1) is 0 Å². The summed E-state index contributed by atoms with van der Waals surface area (Å²) in [5, 5.41) is 9.75. The molecule has 0 saturated carbocycles. The number of carboxylic acid groups (broad SMARTS) is 1. The quantitative estimate of drug-likeness (QED) is 0.307. The molecule has 0 spiro atoms. The lowest BCUT2D eigenvalue weighted by molar-refractivity contribution is -0.137. The molecule has 136 valence electrons. The van der Waals surface area contributed by atoms with E-state index >= 15 is 0 Å². The average Bonchev–Trinajstić information content (AvgIpc) is 2.90. The summed E-state index contributed by atoms with van der Waals surface area (Å²) in [6, 6.07) is 8.39.